The van der Waals surface area contributed by atoms with E-state index in [-0.39, 0.29) is 0 Å². The molecule has 1 heterocycles. The van der Waals surface area contributed by atoms with Gasteiger partial charge in [-0.05, 0) is 34.5 Å². The van der Waals surface area contributed by atoms with Crippen molar-refractivity contribution in [2.24, 2.45) is 0 Å². The van der Waals surface area contributed by atoms with Gasteiger partial charge in [-0.25, -0.2) is 4.45 Å². The first-order valence-electron chi connectivity index (χ1n) is 2.21. The normalized spacial score (nSPS) is 11.2. The van der Waals surface area contributed by atoms with E-state index in [2.05, 4.69) is 27.1 Å². The third kappa shape index (κ3) is 1.42. The lowest BCUT2D eigenvalue weighted by Gasteiger charge is -1.86. The lowest BCUT2D eigenvalue weighted by Crippen LogP contribution is -1.75. The van der Waals surface area contributed by atoms with Gasteiger partial charge in [-0.3, -0.25) is 0 Å². The van der Waals surface area contributed by atoms with Gasteiger partial charge in [-0.1, -0.05) is 0 Å². The van der Waals surface area contributed by atoms with E-state index in [0.29, 0.717) is 0 Å². The molecule has 0 aliphatic rings. The van der Waals surface area contributed by atoms with Crippen molar-refractivity contribution >= 4 is 28.4 Å². The van der Waals surface area contributed by atoms with E-state index in [1.165, 1.54) is 5.56 Å². The summed E-state index contributed by atoms with van der Waals surface area (Å²) in [5.74, 6) is 0. The number of aromatic nitrogens is 2. The van der Waals surface area contributed by atoms with Crippen molar-refractivity contribution in [3.05, 3.63) is 18.0 Å². The zero-order valence-corrected chi connectivity index (χ0v) is 7.58. The van der Waals surface area contributed by atoms with E-state index >= 15 is 0 Å². The highest BCUT2D eigenvalue weighted by molar-refractivity contribution is 14.2. The average Bonchev–Trinajstić information content (AvgIpc) is 2.14. The molecule has 1 aromatic heterocycles. The molecule has 0 spiro atoms. The van der Waals surface area contributed by atoms with Crippen LogP contribution in [0.15, 0.2) is 12.4 Å². The Hall–Kier alpha value is 0.370. The smallest absolute Gasteiger partial charge is 0.0677 e. The molecule has 8 heavy (non-hydrogen) atoms. The minimum Gasteiger partial charge on any atom is -0.245 e. The fourth-order valence-corrected chi connectivity index (χ4v) is 1.60. The van der Waals surface area contributed by atoms with Crippen LogP contribution in [-0.4, -0.2) is 9.55 Å². The summed E-state index contributed by atoms with van der Waals surface area (Å²) in [5.41, 5.74) is 1.23. The van der Waals surface area contributed by atoms with Gasteiger partial charge in [0.05, 0.1) is 12.6 Å². The van der Waals surface area contributed by atoms with E-state index in [1.807, 2.05) is 23.8 Å². The largest absolute Gasteiger partial charge is 0.245 e. The first-order valence-corrected chi connectivity index (χ1v) is 6.27. The monoisotopic (exact) mass is 240 g/mol. The summed E-state index contributed by atoms with van der Waals surface area (Å²) in [5, 5.41) is 4.06. The Bertz CT molecular complexity index is 174. The van der Waals surface area contributed by atoms with Crippen LogP contribution in [0.5, 0.6) is 0 Å². The second kappa shape index (κ2) is 2.78. The minimum atomic E-state index is 0.726. The van der Waals surface area contributed by atoms with Gasteiger partial charge in [-0.2, -0.15) is 5.10 Å². The molecule has 0 aromatic carbocycles. The number of hydrogen-bond acceptors (Lipinski definition) is 1. The zero-order valence-electron chi connectivity index (χ0n) is 4.43. The second-order valence-electron chi connectivity index (χ2n) is 1.55. The molecule has 4 heteroatoms. The molecule has 1 atom stereocenters. The van der Waals surface area contributed by atoms with Crippen molar-refractivity contribution in [3.63, 3.8) is 0 Å². The molecule has 0 saturated carbocycles. The Kier molecular flexibility index (Phi) is 2.26. The molecule has 0 radical (unpaired) electrons. The molecule has 0 fully saturated rings. The van der Waals surface area contributed by atoms with Crippen molar-refractivity contribution < 1.29 is 0 Å². The third-order valence-electron chi connectivity index (χ3n) is 0.798. The Morgan fingerprint density at radius 3 is 2.88 bits per heavy atom. The Labute approximate surface area is 63.0 Å². The van der Waals surface area contributed by atoms with E-state index in [1.54, 1.807) is 0 Å². The highest BCUT2D eigenvalue weighted by Gasteiger charge is 1.87. The van der Waals surface area contributed by atoms with Crippen LogP contribution < -0.4 is 0 Å². The van der Waals surface area contributed by atoms with Crippen LogP contribution in [0, 0.1) is 6.92 Å². The van der Waals surface area contributed by atoms with Crippen LogP contribution in [0.3, 0.4) is 0 Å². The van der Waals surface area contributed by atoms with Crippen molar-refractivity contribution in [3.8, 4) is 0 Å². The molecule has 0 aliphatic carbocycles. The van der Waals surface area contributed by atoms with Gasteiger partial charge in [0.1, 0.15) is 0 Å². The van der Waals surface area contributed by atoms with Crippen LogP contribution in [0.4, 0.5) is 0 Å². The summed E-state index contributed by atoms with van der Waals surface area (Å²) < 4.78 is 1.93. The van der Waals surface area contributed by atoms with E-state index in [4.69, 9.17) is 0 Å². The number of aryl methyl sites for hydroxylation is 1. The van der Waals surface area contributed by atoms with Crippen molar-refractivity contribution in [2.45, 2.75) is 6.92 Å². The average molecular weight is 240 g/mol. The standard InChI is InChI=1S/C4H6IN2P/c1-4-2-6-7(3-4)8-5/h2-3,8H,1H3. The minimum absolute atomic E-state index is 0.726. The van der Waals surface area contributed by atoms with Crippen LogP contribution >= 0.6 is 28.4 Å². The number of hydrogen-bond donors (Lipinski definition) is 0. The van der Waals surface area contributed by atoms with Crippen LogP contribution in [0.1, 0.15) is 5.56 Å². The van der Waals surface area contributed by atoms with Crippen LogP contribution in [0.2, 0.25) is 0 Å². The third-order valence-corrected chi connectivity index (χ3v) is 2.70. The highest BCUT2D eigenvalue weighted by Crippen LogP contribution is 2.21. The second-order valence-corrected chi connectivity index (χ2v) is 3.62. The molecule has 44 valence electrons. The molecule has 1 aromatic rings. The SMILES string of the molecule is Cc1cnn(PI)c1. The molecule has 0 bridgehead atoms. The van der Waals surface area contributed by atoms with Crippen LogP contribution in [-0.2, 0) is 0 Å². The number of halogens is 1. The first-order chi connectivity index (χ1) is 3.83. The van der Waals surface area contributed by atoms with Gasteiger partial charge in [-0.15, -0.1) is 0 Å². The lowest BCUT2D eigenvalue weighted by atomic mass is 10.4. The summed E-state index contributed by atoms with van der Waals surface area (Å²) in [6.07, 6.45) is 4.63. The number of nitrogens with zero attached hydrogens (tertiary/aromatic N) is 2. The van der Waals surface area contributed by atoms with Gasteiger partial charge in [0.2, 0.25) is 0 Å². The Morgan fingerprint density at radius 1 is 1.88 bits per heavy atom. The molecule has 1 rings (SSSR count). The maximum Gasteiger partial charge on any atom is 0.0677 e. The molecule has 1 unspecified atom stereocenters. The maximum atomic E-state index is 4.06. The molecule has 0 N–H and O–H groups in total. The quantitative estimate of drug-likeness (QED) is 0.542. The fraction of sp³-hybridized carbons (Fsp3) is 0.250. The summed E-state index contributed by atoms with van der Waals surface area (Å²) in [4.78, 5) is 0. The highest BCUT2D eigenvalue weighted by atomic mass is 127. The predicted octanol–water partition coefficient (Wildman–Crippen LogP) is 1.98. The van der Waals surface area contributed by atoms with Gasteiger partial charge < -0.3 is 0 Å². The van der Waals surface area contributed by atoms with Crippen LogP contribution in [0.25, 0.3) is 0 Å². The Balaban J connectivity index is 2.84. The summed E-state index contributed by atoms with van der Waals surface area (Å²) >= 11 is 2.29. The molecule has 0 aliphatic heterocycles. The molecule has 0 saturated heterocycles. The molecular weight excluding hydrogens is 234 g/mol. The predicted molar refractivity (Wildman–Crippen MR) is 44.7 cm³/mol. The Morgan fingerprint density at radius 2 is 2.62 bits per heavy atom. The molecule has 2 nitrogen and oxygen atoms in total. The van der Waals surface area contributed by atoms with Gasteiger partial charge >= 0.3 is 0 Å². The first kappa shape index (κ1) is 6.49. The summed E-state index contributed by atoms with van der Waals surface area (Å²) in [7, 11) is 0. The summed E-state index contributed by atoms with van der Waals surface area (Å²) in [6, 6.07) is 0. The van der Waals surface area contributed by atoms with E-state index in [0.717, 1.165) is 6.37 Å². The summed E-state index contributed by atoms with van der Waals surface area (Å²) in [6.45, 7) is 2.04. The molecular formula is C4H6IN2P. The van der Waals surface area contributed by atoms with Gasteiger partial charge in [0.15, 0.2) is 0 Å². The zero-order chi connectivity index (χ0) is 5.98. The molecule has 0 amide bonds. The van der Waals surface area contributed by atoms with Gasteiger partial charge in [0, 0.05) is 6.20 Å². The van der Waals surface area contributed by atoms with E-state index < -0.39 is 0 Å². The lowest BCUT2D eigenvalue weighted by molar-refractivity contribution is 1.01. The fourth-order valence-electron chi connectivity index (χ4n) is 0.459. The van der Waals surface area contributed by atoms with Crippen molar-refractivity contribution in [1.29, 1.82) is 0 Å². The topological polar surface area (TPSA) is 17.8 Å². The van der Waals surface area contributed by atoms with E-state index in [9.17, 15) is 0 Å². The van der Waals surface area contributed by atoms with Crippen molar-refractivity contribution in [1.82, 2.24) is 9.55 Å². The van der Waals surface area contributed by atoms with Gasteiger partial charge in [0.25, 0.3) is 0 Å². The van der Waals surface area contributed by atoms with Crippen molar-refractivity contribution in [2.75, 3.05) is 0 Å². The maximum absolute atomic E-state index is 4.06. The number of rotatable bonds is 1.